The van der Waals surface area contributed by atoms with Crippen LogP contribution in [-0.4, -0.2) is 27.3 Å². The minimum Gasteiger partial charge on any atom is -0.334 e. The van der Waals surface area contributed by atoms with E-state index in [0.29, 0.717) is 5.91 Å². The SMILES string of the molecule is O=C(C1CCCSC1)N1Cc2ccncc2C1. The normalized spacial score (nSPS) is 23.5. The molecule has 1 aromatic rings. The van der Waals surface area contributed by atoms with E-state index < -0.39 is 0 Å². The van der Waals surface area contributed by atoms with Crippen molar-refractivity contribution in [2.75, 3.05) is 11.5 Å². The lowest BCUT2D eigenvalue weighted by atomic mass is 10.0. The van der Waals surface area contributed by atoms with E-state index >= 15 is 0 Å². The zero-order chi connectivity index (χ0) is 11.7. The molecular formula is C13H16N2OS. The summed E-state index contributed by atoms with van der Waals surface area (Å²) in [6.07, 6.45) is 5.95. The van der Waals surface area contributed by atoms with Crippen LogP contribution < -0.4 is 0 Å². The molecule has 0 spiro atoms. The van der Waals surface area contributed by atoms with E-state index in [1.165, 1.54) is 23.3 Å². The van der Waals surface area contributed by atoms with Crippen molar-refractivity contribution in [1.29, 1.82) is 0 Å². The van der Waals surface area contributed by atoms with Crippen molar-refractivity contribution in [2.24, 2.45) is 5.92 Å². The number of hydrogen-bond donors (Lipinski definition) is 0. The quantitative estimate of drug-likeness (QED) is 0.763. The van der Waals surface area contributed by atoms with Gasteiger partial charge in [-0.15, -0.1) is 0 Å². The number of carbonyl (C=O) groups is 1. The standard InChI is InChI=1S/C13H16N2OS/c16-13(11-2-1-5-17-9-11)15-7-10-3-4-14-6-12(10)8-15/h3-4,6,11H,1-2,5,7-9H2. The number of thioether (sulfide) groups is 1. The first-order valence-electron chi connectivity index (χ1n) is 6.13. The highest BCUT2D eigenvalue weighted by atomic mass is 32.2. The summed E-state index contributed by atoms with van der Waals surface area (Å²) in [5.41, 5.74) is 2.47. The molecule has 1 saturated heterocycles. The molecule has 0 radical (unpaired) electrons. The molecular weight excluding hydrogens is 232 g/mol. The number of carbonyl (C=O) groups excluding carboxylic acids is 1. The third kappa shape index (κ3) is 2.18. The predicted octanol–water partition coefficient (Wildman–Crippen LogP) is 2.07. The van der Waals surface area contributed by atoms with Crippen molar-refractivity contribution >= 4 is 17.7 Å². The van der Waals surface area contributed by atoms with Crippen molar-refractivity contribution in [3.63, 3.8) is 0 Å². The van der Waals surface area contributed by atoms with Gasteiger partial charge in [-0.05, 0) is 35.8 Å². The van der Waals surface area contributed by atoms with E-state index in [2.05, 4.69) is 4.98 Å². The van der Waals surface area contributed by atoms with Crippen molar-refractivity contribution in [3.8, 4) is 0 Å². The molecule has 0 aromatic carbocycles. The van der Waals surface area contributed by atoms with Crippen LogP contribution in [0.15, 0.2) is 18.5 Å². The lowest BCUT2D eigenvalue weighted by Gasteiger charge is -2.25. The molecule has 1 aromatic heterocycles. The second-order valence-electron chi connectivity index (χ2n) is 4.75. The maximum absolute atomic E-state index is 12.4. The molecule has 2 aliphatic rings. The lowest BCUT2D eigenvalue weighted by Crippen LogP contribution is -2.34. The van der Waals surface area contributed by atoms with E-state index in [4.69, 9.17) is 0 Å². The fourth-order valence-corrected chi connectivity index (χ4v) is 3.70. The van der Waals surface area contributed by atoms with Gasteiger partial charge in [0.15, 0.2) is 0 Å². The molecule has 3 nitrogen and oxygen atoms in total. The molecule has 1 fully saturated rings. The van der Waals surface area contributed by atoms with E-state index in [0.717, 1.165) is 25.3 Å². The van der Waals surface area contributed by atoms with Gasteiger partial charge in [-0.2, -0.15) is 11.8 Å². The fraction of sp³-hybridized carbons (Fsp3) is 0.538. The van der Waals surface area contributed by atoms with Gasteiger partial charge in [0.25, 0.3) is 0 Å². The Bertz CT molecular complexity index is 404. The molecule has 1 unspecified atom stereocenters. The lowest BCUT2D eigenvalue weighted by molar-refractivity contribution is -0.135. The van der Waals surface area contributed by atoms with Gasteiger partial charge in [-0.3, -0.25) is 9.78 Å². The van der Waals surface area contributed by atoms with Gasteiger partial charge in [0.2, 0.25) is 5.91 Å². The summed E-state index contributed by atoms with van der Waals surface area (Å²) < 4.78 is 0. The smallest absolute Gasteiger partial charge is 0.227 e. The Balaban J connectivity index is 1.69. The van der Waals surface area contributed by atoms with Gasteiger partial charge in [0, 0.05) is 37.2 Å². The van der Waals surface area contributed by atoms with Crippen molar-refractivity contribution < 1.29 is 4.79 Å². The van der Waals surface area contributed by atoms with E-state index in [-0.39, 0.29) is 5.92 Å². The average Bonchev–Trinajstić information content (AvgIpc) is 2.82. The first kappa shape index (κ1) is 11.1. The second-order valence-corrected chi connectivity index (χ2v) is 5.90. The van der Waals surface area contributed by atoms with Crippen LogP contribution in [0.5, 0.6) is 0 Å². The predicted molar refractivity (Wildman–Crippen MR) is 68.5 cm³/mol. The van der Waals surface area contributed by atoms with Crippen molar-refractivity contribution in [2.45, 2.75) is 25.9 Å². The monoisotopic (exact) mass is 248 g/mol. The largest absolute Gasteiger partial charge is 0.334 e. The summed E-state index contributed by atoms with van der Waals surface area (Å²) in [6.45, 7) is 1.53. The van der Waals surface area contributed by atoms with E-state index in [1.54, 1.807) is 0 Å². The van der Waals surface area contributed by atoms with Crippen LogP contribution >= 0.6 is 11.8 Å². The summed E-state index contributed by atoms with van der Waals surface area (Å²) in [4.78, 5) is 18.5. The number of hydrogen-bond acceptors (Lipinski definition) is 3. The number of nitrogens with zero attached hydrogens (tertiary/aromatic N) is 2. The number of aromatic nitrogens is 1. The summed E-state index contributed by atoms with van der Waals surface area (Å²) in [7, 11) is 0. The van der Waals surface area contributed by atoms with Gasteiger partial charge in [-0.1, -0.05) is 0 Å². The molecule has 17 heavy (non-hydrogen) atoms. The summed E-state index contributed by atoms with van der Waals surface area (Å²) >= 11 is 1.91. The summed E-state index contributed by atoms with van der Waals surface area (Å²) in [5, 5.41) is 0. The van der Waals surface area contributed by atoms with Crippen LogP contribution in [0.4, 0.5) is 0 Å². The average molecular weight is 248 g/mol. The van der Waals surface area contributed by atoms with Gasteiger partial charge in [0.1, 0.15) is 0 Å². The Hall–Kier alpha value is -1.03. The Morgan fingerprint density at radius 3 is 3.06 bits per heavy atom. The third-order valence-electron chi connectivity index (χ3n) is 3.55. The molecule has 3 rings (SSSR count). The maximum Gasteiger partial charge on any atom is 0.227 e. The van der Waals surface area contributed by atoms with Crippen molar-refractivity contribution in [1.82, 2.24) is 9.88 Å². The van der Waals surface area contributed by atoms with Crippen LogP contribution in [0.3, 0.4) is 0 Å². The molecule has 90 valence electrons. The molecule has 0 aliphatic carbocycles. The first-order chi connectivity index (χ1) is 8.34. The molecule has 3 heterocycles. The first-order valence-corrected chi connectivity index (χ1v) is 7.28. The minimum atomic E-state index is 0.246. The second kappa shape index (κ2) is 4.69. The molecule has 0 bridgehead atoms. The zero-order valence-electron chi connectivity index (χ0n) is 9.76. The molecule has 1 amide bonds. The third-order valence-corrected chi connectivity index (χ3v) is 4.76. The van der Waals surface area contributed by atoms with Crippen LogP contribution in [0.1, 0.15) is 24.0 Å². The van der Waals surface area contributed by atoms with Gasteiger partial charge in [0.05, 0.1) is 0 Å². The number of fused-ring (bicyclic) bond motifs is 1. The fourth-order valence-electron chi connectivity index (χ4n) is 2.57. The Kier molecular flexibility index (Phi) is 3.05. The highest BCUT2D eigenvalue weighted by molar-refractivity contribution is 7.99. The van der Waals surface area contributed by atoms with Gasteiger partial charge < -0.3 is 4.90 Å². The highest BCUT2D eigenvalue weighted by Gasteiger charge is 2.29. The van der Waals surface area contributed by atoms with Crippen LogP contribution in [-0.2, 0) is 17.9 Å². The molecule has 2 aliphatic heterocycles. The zero-order valence-corrected chi connectivity index (χ0v) is 10.6. The van der Waals surface area contributed by atoms with Crippen LogP contribution in [0.2, 0.25) is 0 Å². The highest BCUT2D eigenvalue weighted by Crippen LogP contribution is 2.28. The number of rotatable bonds is 1. The van der Waals surface area contributed by atoms with Crippen LogP contribution in [0, 0.1) is 5.92 Å². The van der Waals surface area contributed by atoms with E-state index in [9.17, 15) is 4.79 Å². The van der Waals surface area contributed by atoms with E-state index in [1.807, 2.05) is 35.1 Å². The molecule has 0 saturated carbocycles. The Morgan fingerprint density at radius 1 is 1.41 bits per heavy atom. The number of amides is 1. The minimum absolute atomic E-state index is 0.246. The summed E-state index contributed by atoms with van der Waals surface area (Å²) in [6, 6.07) is 2.03. The Labute approximate surface area is 106 Å². The summed E-state index contributed by atoms with van der Waals surface area (Å²) in [5.74, 6) is 2.81. The molecule has 0 N–H and O–H groups in total. The molecule has 1 atom stereocenters. The molecule has 4 heteroatoms. The van der Waals surface area contributed by atoms with Gasteiger partial charge in [-0.25, -0.2) is 0 Å². The Morgan fingerprint density at radius 2 is 2.29 bits per heavy atom. The topological polar surface area (TPSA) is 33.2 Å². The van der Waals surface area contributed by atoms with Crippen LogP contribution in [0.25, 0.3) is 0 Å². The maximum atomic E-state index is 12.4. The van der Waals surface area contributed by atoms with Gasteiger partial charge >= 0.3 is 0 Å². The van der Waals surface area contributed by atoms with Crippen molar-refractivity contribution in [3.05, 3.63) is 29.6 Å². The number of pyridine rings is 1.